The first-order valence-corrected chi connectivity index (χ1v) is 12.5. The van der Waals surface area contributed by atoms with E-state index in [4.69, 9.17) is 14.2 Å². The molecule has 2 atom stereocenters. The van der Waals surface area contributed by atoms with Crippen LogP contribution in [0.4, 0.5) is 0 Å². The van der Waals surface area contributed by atoms with Crippen LogP contribution in [0.25, 0.3) is 0 Å². The van der Waals surface area contributed by atoms with E-state index in [1.54, 1.807) is 0 Å². The molecule has 0 aromatic carbocycles. The lowest BCUT2D eigenvalue weighted by molar-refractivity contribution is 0.0554. The first kappa shape index (κ1) is 24.8. The fraction of sp³-hybridized carbons (Fsp3) is 0.905. The second-order valence-electron chi connectivity index (χ2n) is 7.50. The minimum absolute atomic E-state index is 0.140. The number of hydrogen-bond acceptors (Lipinski definition) is 4. The van der Waals surface area contributed by atoms with Gasteiger partial charge in [-0.2, -0.15) is 0 Å². The van der Waals surface area contributed by atoms with Crippen LogP contribution in [0.2, 0.25) is 0 Å². The fourth-order valence-electron chi connectivity index (χ4n) is 3.17. The molecule has 5 nitrogen and oxygen atoms in total. The van der Waals surface area contributed by atoms with Crippen molar-refractivity contribution in [2.75, 3.05) is 19.8 Å². The maximum atomic E-state index is 11.1. The maximum absolute atomic E-state index is 11.1. The van der Waals surface area contributed by atoms with Gasteiger partial charge in [0, 0.05) is 6.61 Å². The van der Waals surface area contributed by atoms with Crippen molar-refractivity contribution in [2.45, 2.75) is 103 Å². The molecular weight excluding hydrogens is 363 g/mol. The highest BCUT2D eigenvalue weighted by molar-refractivity contribution is 7.47. The van der Waals surface area contributed by atoms with Crippen molar-refractivity contribution >= 4 is 7.82 Å². The van der Waals surface area contributed by atoms with Gasteiger partial charge in [-0.05, 0) is 32.1 Å². The summed E-state index contributed by atoms with van der Waals surface area (Å²) in [7, 11) is -3.78. The summed E-state index contributed by atoms with van der Waals surface area (Å²) in [6.45, 7) is 3.41. The van der Waals surface area contributed by atoms with Crippen LogP contribution in [-0.2, 0) is 18.3 Å². The smallest absolute Gasteiger partial charge is 0.379 e. The predicted molar refractivity (Wildman–Crippen MR) is 111 cm³/mol. The summed E-state index contributed by atoms with van der Waals surface area (Å²) >= 11 is 0. The van der Waals surface area contributed by atoms with E-state index in [9.17, 15) is 4.57 Å². The molecule has 1 rings (SSSR count). The highest BCUT2D eigenvalue weighted by Crippen LogP contribution is 2.49. The largest absolute Gasteiger partial charge is 0.472 e. The summed E-state index contributed by atoms with van der Waals surface area (Å²) in [6, 6.07) is 0. The van der Waals surface area contributed by atoms with E-state index in [1.165, 1.54) is 83.5 Å². The van der Waals surface area contributed by atoms with Gasteiger partial charge in [0.2, 0.25) is 0 Å². The van der Waals surface area contributed by atoms with Gasteiger partial charge < -0.3 is 9.63 Å². The van der Waals surface area contributed by atoms with Gasteiger partial charge in [0.1, 0.15) is 6.10 Å². The lowest BCUT2D eigenvalue weighted by Crippen LogP contribution is -2.17. The quantitative estimate of drug-likeness (QED) is 0.159. The van der Waals surface area contributed by atoms with E-state index in [-0.39, 0.29) is 6.61 Å². The minimum atomic E-state index is -3.78. The summed E-state index contributed by atoms with van der Waals surface area (Å²) < 4.78 is 26.0. The van der Waals surface area contributed by atoms with Crippen LogP contribution in [0, 0.1) is 0 Å². The Morgan fingerprint density at radius 3 is 2.04 bits per heavy atom. The van der Waals surface area contributed by atoms with Gasteiger partial charge in [-0.1, -0.05) is 76.9 Å². The summed E-state index contributed by atoms with van der Waals surface area (Å²) in [5, 5.41) is 0. The Kier molecular flexibility index (Phi) is 15.4. The highest BCUT2D eigenvalue weighted by atomic mass is 31.2. The molecule has 1 heterocycles. The number of phosphoric acid groups is 1. The Morgan fingerprint density at radius 2 is 1.48 bits per heavy atom. The van der Waals surface area contributed by atoms with Crippen LogP contribution < -0.4 is 0 Å². The molecule has 6 heteroatoms. The molecule has 27 heavy (non-hydrogen) atoms. The standard InChI is InChI=1S/C21H41O5P/c1-2-3-4-5-6-7-8-9-10-11-12-13-14-15-16-17-18-24-19-21-20-25-27(22,23)26-21/h9-10,21H,2-8,11-20H2,1H3,(H,22,23)/b10-9+/t21-/m1/s1. The van der Waals surface area contributed by atoms with Crippen LogP contribution in [-0.4, -0.2) is 30.8 Å². The van der Waals surface area contributed by atoms with E-state index in [2.05, 4.69) is 23.6 Å². The number of unbranched alkanes of at least 4 members (excludes halogenated alkanes) is 12. The van der Waals surface area contributed by atoms with Crippen LogP contribution in [0.3, 0.4) is 0 Å². The summed E-state index contributed by atoms with van der Waals surface area (Å²) in [5.74, 6) is 0. The van der Waals surface area contributed by atoms with E-state index >= 15 is 0 Å². The molecule has 1 fully saturated rings. The van der Waals surface area contributed by atoms with E-state index in [1.807, 2.05) is 0 Å². The van der Waals surface area contributed by atoms with Gasteiger partial charge in [0.15, 0.2) is 0 Å². The SMILES string of the molecule is CCCCCCCC/C=C/CCCCCCCCOC[C@@H]1COP(=O)(O)O1. The topological polar surface area (TPSA) is 65.0 Å². The van der Waals surface area contributed by atoms with Gasteiger partial charge in [0.25, 0.3) is 0 Å². The number of ether oxygens (including phenoxy) is 1. The predicted octanol–water partition coefficient (Wildman–Crippen LogP) is 6.56. The first-order valence-electron chi connectivity index (χ1n) is 11.0. The Labute approximate surface area is 166 Å². The molecule has 0 saturated carbocycles. The van der Waals surface area contributed by atoms with Gasteiger partial charge >= 0.3 is 7.82 Å². The zero-order valence-corrected chi connectivity index (χ0v) is 18.2. The van der Waals surface area contributed by atoms with Crippen LogP contribution in [0.1, 0.15) is 96.8 Å². The molecule has 0 radical (unpaired) electrons. The molecular formula is C21H41O5P. The molecule has 0 bridgehead atoms. The third kappa shape index (κ3) is 15.4. The maximum Gasteiger partial charge on any atom is 0.472 e. The molecule has 1 aliphatic rings. The van der Waals surface area contributed by atoms with Gasteiger partial charge in [-0.3, -0.25) is 9.05 Å². The van der Waals surface area contributed by atoms with Crippen molar-refractivity contribution in [2.24, 2.45) is 0 Å². The first-order chi connectivity index (χ1) is 13.1. The second-order valence-corrected chi connectivity index (χ2v) is 8.91. The average Bonchev–Trinajstić information content (AvgIpc) is 2.99. The third-order valence-corrected chi connectivity index (χ3v) is 5.85. The molecule has 0 spiro atoms. The average molecular weight is 405 g/mol. The molecule has 1 aliphatic heterocycles. The molecule has 1 unspecified atom stereocenters. The van der Waals surface area contributed by atoms with E-state index < -0.39 is 13.9 Å². The second kappa shape index (κ2) is 16.7. The Balaban J connectivity index is 1.73. The highest BCUT2D eigenvalue weighted by Gasteiger charge is 2.35. The Hall–Kier alpha value is -0.190. The van der Waals surface area contributed by atoms with Gasteiger partial charge in [0.05, 0.1) is 13.2 Å². The van der Waals surface area contributed by atoms with Crippen molar-refractivity contribution in [1.29, 1.82) is 0 Å². The molecule has 0 aliphatic carbocycles. The van der Waals surface area contributed by atoms with Crippen molar-refractivity contribution in [3.8, 4) is 0 Å². The third-order valence-electron chi connectivity index (χ3n) is 4.81. The summed E-state index contributed by atoms with van der Waals surface area (Å²) in [5.41, 5.74) is 0. The Morgan fingerprint density at radius 1 is 0.926 bits per heavy atom. The van der Waals surface area contributed by atoms with E-state index in [0.29, 0.717) is 13.2 Å². The molecule has 0 aromatic rings. The number of allylic oxidation sites excluding steroid dienone is 2. The normalized spacial score (nSPS) is 22.8. The van der Waals surface area contributed by atoms with Gasteiger partial charge in [-0.15, -0.1) is 0 Å². The van der Waals surface area contributed by atoms with Crippen molar-refractivity contribution in [3.63, 3.8) is 0 Å². The zero-order chi connectivity index (χ0) is 19.6. The van der Waals surface area contributed by atoms with Gasteiger partial charge in [-0.25, -0.2) is 4.57 Å². The lowest BCUT2D eigenvalue weighted by atomic mass is 10.1. The van der Waals surface area contributed by atoms with Crippen LogP contribution in [0.5, 0.6) is 0 Å². The van der Waals surface area contributed by atoms with Crippen molar-refractivity contribution < 1.29 is 23.2 Å². The monoisotopic (exact) mass is 404 g/mol. The number of rotatable bonds is 18. The molecule has 1 N–H and O–H groups in total. The minimum Gasteiger partial charge on any atom is -0.379 e. The summed E-state index contributed by atoms with van der Waals surface area (Å²) in [4.78, 5) is 9.07. The molecule has 0 aromatic heterocycles. The molecule has 0 amide bonds. The lowest BCUT2D eigenvalue weighted by Gasteiger charge is -2.08. The summed E-state index contributed by atoms with van der Waals surface area (Å²) in [6.07, 6.45) is 22.4. The molecule has 1 saturated heterocycles. The fourth-order valence-corrected chi connectivity index (χ4v) is 4.09. The van der Waals surface area contributed by atoms with Crippen LogP contribution in [0.15, 0.2) is 12.2 Å². The zero-order valence-electron chi connectivity index (χ0n) is 17.3. The van der Waals surface area contributed by atoms with Crippen LogP contribution >= 0.6 is 7.82 Å². The van der Waals surface area contributed by atoms with Crippen molar-refractivity contribution in [3.05, 3.63) is 12.2 Å². The number of hydrogen-bond donors (Lipinski definition) is 1. The Bertz CT molecular complexity index is 413. The molecule has 160 valence electrons. The van der Waals surface area contributed by atoms with Crippen molar-refractivity contribution in [1.82, 2.24) is 0 Å². The number of phosphoric ester groups is 1. The van der Waals surface area contributed by atoms with E-state index in [0.717, 1.165) is 6.42 Å².